The molecule has 15 heavy (non-hydrogen) atoms. The Hall–Kier alpha value is -0.286. The van der Waals surface area contributed by atoms with Crippen molar-refractivity contribution in [2.24, 2.45) is 0 Å². The van der Waals surface area contributed by atoms with Crippen molar-refractivity contribution in [3.05, 3.63) is 24.6 Å². The van der Waals surface area contributed by atoms with Gasteiger partial charge in [0.1, 0.15) is 0 Å². The zero-order chi connectivity index (χ0) is 11.9. The van der Waals surface area contributed by atoms with Gasteiger partial charge in [0, 0.05) is 21.3 Å². The molecule has 5 nitrogen and oxygen atoms in total. The van der Waals surface area contributed by atoms with Crippen LogP contribution >= 0.6 is 0 Å². The van der Waals surface area contributed by atoms with E-state index in [9.17, 15) is 0 Å². The first kappa shape index (κ1) is 14.7. The van der Waals surface area contributed by atoms with Crippen LogP contribution in [0.15, 0.2) is 24.6 Å². The lowest BCUT2D eigenvalue weighted by molar-refractivity contribution is -0.0719. The second-order valence-corrected chi connectivity index (χ2v) is 8.23. The Balaban J connectivity index is 5.02. The van der Waals surface area contributed by atoms with Crippen LogP contribution in [0, 0.1) is 0 Å². The fourth-order valence-corrected chi connectivity index (χ4v) is 6.35. The highest BCUT2D eigenvalue weighted by atomic mass is 28.4. The van der Waals surface area contributed by atoms with Crippen molar-refractivity contribution in [2.75, 3.05) is 28.4 Å². The lowest BCUT2D eigenvalue weighted by Crippen LogP contribution is -2.63. The van der Waals surface area contributed by atoms with Gasteiger partial charge in [0.25, 0.3) is 0 Å². The van der Waals surface area contributed by atoms with Crippen LogP contribution in [0.25, 0.3) is 0 Å². The molecule has 0 saturated carbocycles. The second-order valence-electron chi connectivity index (χ2n) is 2.61. The summed E-state index contributed by atoms with van der Waals surface area (Å²) in [5, 5.41) is 0. The summed E-state index contributed by atoms with van der Waals surface area (Å²) in [5.41, 5.74) is 3.60. The average Bonchev–Trinajstić information content (AvgIpc) is 2.30. The van der Waals surface area contributed by atoms with E-state index in [-0.39, 0.29) is 0 Å². The van der Waals surface area contributed by atoms with E-state index in [1.54, 1.807) is 22.9 Å². The predicted molar refractivity (Wildman–Crippen MR) is 63.2 cm³/mol. The molecule has 0 spiro atoms. The van der Waals surface area contributed by atoms with Crippen molar-refractivity contribution in [3.63, 3.8) is 0 Å². The predicted octanol–water partition coefficient (Wildman–Crippen LogP) is 0.399. The van der Waals surface area contributed by atoms with Crippen molar-refractivity contribution in [2.45, 2.75) is 0 Å². The summed E-state index contributed by atoms with van der Waals surface area (Å²) in [7, 11) is 1.56. The van der Waals surface area contributed by atoms with E-state index in [2.05, 4.69) is 13.2 Å². The van der Waals surface area contributed by atoms with Gasteiger partial charge in [-0.05, 0) is 0 Å². The molecule has 0 saturated heterocycles. The standard InChI is InChI=1S/C8H19NO4Si2/c1-7-14(8-2)9(10-3)15(11-4,12-5)13-6/h7-8,14H,1-2H2,3-6H3. The summed E-state index contributed by atoms with van der Waals surface area (Å²) in [6, 6.07) is 0. The molecule has 0 aliphatic carbocycles. The smallest absolute Gasteiger partial charge is 0.364 e. The number of hydrogen-bond donors (Lipinski definition) is 0. The van der Waals surface area contributed by atoms with Crippen molar-refractivity contribution >= 4 is 17.9 Å². The van der Waals surface area contributed by atoms with Gasteiger partial charge in [0.05, 0.1) is 7.11 Å². The van der Waals surface area contributed by atoms with Gasteiger partial charge >= 0.3 is 8.97 Å². The van der Waals surface area contributed by atoms with E-state index in [0.29, 0.717) is 0 Å². The van der Waals surface area contributed by atoms with Crippen LogP contribution in [0.5, 0.6) is 0 Å². The van der Waals surface area contributed by atoms with E-state index in [1.807, 2.05) is 0 Å². The zero-order valence-electron chi connectivity index (χ0n) is 9.73. The lowest BCUT2D eigenvalue weighted by Gasteiger charge is -2.35. The van der Waals surface area contributed by atoms with Gasteiger partial charge in [-0.15, -0.1) is 13.2 Å². The summed E-state index contributed by atoms with van der Waals surface area (Å²) in [4.78, 5) is 5.27. The minimum absolute atomic E-state index is 1.53. The zero-order valence-corrected chi connectivity index (χ0v) is 11.9. The molecule has 0 aliphatic rings. The molecule has 0 bridgehead atoms. The Morgan fingerprint density at radius 1 is 1.00 bits per heavy atom. The average molecular weight is 249 g/mol. The van der Waals surface area contributed by atoms with E-state index < -0.39 is 17.9 Å². The van der Waals surface area contributed by atoms with Gasteiger partial charge in [0.2, 0.25) is 0 Å². The highest BCUT2D eigenvalue weighted by Gasteiger charge is 2.50. The Labute approximate surface area is 94.0 Å². The maximum Gasteiger partial charge on any atom is 0.616 e. The fraction of sp³-hybridized carbons (Fsp3) is 0.500. The first-order valence-corrected chi connectivity index (χ1v) is 7.91. The number of rotatable bonds is 8. The highest BCUT2D eigenvalue weighted by Crippen LogP contribution is 2.15. The molecule has 0 atom stereocenters. The van der Waals surface area contributed by atoms with Crippen LogP contribution in [-0.2, 0) is 18.1 Å². The van der Waals surface area contributed by atoms with E-state index in [4.69, 9.17) is 18.1 Å². The van der Waals surface area contributed by atoms with E-state index in [0.717, 1.165) is 0 Å². The summed E-state index contributed by atoms with van der Waals surface area (Å²) < 4.78 is 17.6. The third-order valence-corrected chi connectivity index (χ3v) is 7.83. The molecule has 0 aromatic heterocycles. The molecule has 0 aromatic rings. The molecule has 0 aliphatic heterocycles. The Bertz CT molecular complexity index is 195. The molecular weight excluding hydrogens is 230 g/mol. The molecule has 0 amide bonds. The lowest BCUT2D eigenvalue weighted by atomic mass is 11.2. The summed E-state index contributed by atoms with van der Waals surface area (Å²) in [6.07, 6.45) is 0. The third kappa shape index (κ3) is 3.08. The maximum absolute atomic E-state index is 5.31. The Morgan fingerprint density at radius 2 is 1.40 bits per heavy atom. The van der Waals surface area contributed by atoms with Gasteiger partial charge in [0.15, 0.2) is 8.96 Å². The van der Waals surface area contributed by atoms with Crippen LogP contribution in [0.1, 0.15) is 0 Å². The number of hydrogen-bond acceptors (Lipinski definition) is 5. The van der Waals surface area contributed by atoms with Gasteiger partial charge in [-0.3, -0.25) is 0 Å². The second kappa shape index (κ2) is 7.06. The van der Waals surface area contributed by atoms with Gasteiger partial charge in [-0.2, -0.15) is 4.39 Å². The Kier molecular flexibility index (Phi) is 6.93. The first-order valence-electron chi connectivity index (χ1n) is 4.39. The van der Waals surface area contributed by atoms with Gasteiger partial charge in [-0.1, -0.05) is 11.4 Å². The molecule has 0 N–H and O–H groups in total. The summed E-state index contributed by atoms with van der Waals surface area (Å²) in [6.45, 7) is 7.48. The van der Waals surface area contributed by atoms with Crippen molar-refractivity contribution in [3.8, 4) is 0 Å². The van der Waals surface area contributed by atoms with Crippen molar-refractivity contribution < 1.29 is 18.1 Å². The molecule has 0 radical (unpaired) electrons. The van der Waals surface area contributed by atoms with Gasteiger partial charge < -0.3 is 18.1 Å². The van der Waals surface area contributed by atoms with E-state index >= 15 is 0 Å². The molecule has 0 heterocycles. The minimum Gasteiger partial charge on any atom is -0.364 e. The van der Waals surface area contributed by atoms with Gasteiger partial charge in [-0.25, -0.2) is 0 Å². The van der Waals surface area contributed by atoms with Crippen molar-refractivity contribution in [1.82, 2.24) is 4.39 Å². The van der Waals surface area contributed by atoms with Crippen molar-refractivity contribution in [1.29, 1.82) is 0 Å². The van der Waals surface area contributed by atoms with Crippen LogP contribution in [0.4, 0.5) is 0 Å². The monoisotopic (exact) mass is 249 g/mol. The fourth-order valence-electron chi connectivity index (χ4n) is 1.22. The van der Waals surface area contributed by atoms with Crippen LogP contribution in [-0.4, -0.2) is 50.8 Å². The van der Waals surface area contributed by atoms with Crippen LogP contribution in [0.2, 0.25) is 0 Å². The Morgan fingerprint density at radius 3 is 1.60 bits per heavy atom. The first-order chi connectivity index (χ1) is 7.15. The highest BCUT2D eigenvalue weighted by molar-refractivity contribution is 6.78. The molecule has 0 aromatic carbocycles. The molecule has 0 rings (SSSR count). The quantitative estimate of drug-likeness (QED) is 0.460. The largest absolute Gasteiger partial charge is 0.616 e. The summed E-state index contributed by atoms with van der Waals surface area (Å²) >= 11 is 0. The molecular formula is C8H19NO4Si2. The molecule has 0 unspecified atom stereocenters. The minimum atomic E-state index is -2.92. The molecule has 7 heteroatoms. The van der Waals surface area contributed by atoms with E-state index in [1.165, 1.54) is 21.3 Å². The maximum atomic E-state index is 5.31. The summed E-state index contributed by atoms with van der Waals surface area (Å²) in [5.74, 6) is 0. The molecule has 88 valence electrons. The van der Waals surface area contributed by atoms with Crippen LogP contribution < -0.4 is 0 Å². The third-order valence-electron chi connectivity index (χ3n) is 1.99. The normalized spacial score (nSPS) is 12.1. The topological polar surface area (TPSA) is 40.2 Å². The van der Waals surface area contributed by atoms with Crippen LogP contribution in [0.3, 0.4) is 0 Å². The number of nitrogens with zero attached hydrogens (tertiary/aromatic N) is 1. The molecule has 0 fully saturated rings. The SMILES string of the molecule is C=C[SiH](C=C)N(OC)[Si](OC)(OC)OC.